The molecular weight excluding hydrogens is 194 g/mol. The SMILES string of the molecule is CCNCc1cccc(SCOC)c1. The van der Waals surface area contributed by atoms with Gasteiger partial charge < -0.3 is 10.1 Å². The van der Waals surface area contributed by atoms with Gasteiger partial charge in [-0.3, -0.25) is 0 Å². The summed E-state index contributed by atoms with van der Waals surface area (Å²) >= 11 is 1.72. The highest BCUT2D eigenvalue weighted by molar-refractivity contribution is 7.99. The maximum absolute atomic E-state index is 5.01. The van der Waals surface area contributed by atoms with Crippen LogP contribution in [0.15, 0.2) is 29.2 Å². The first-order valence-corrected chi connectivity index (χ1v) is 5.76. The Hall–Kier alpha value is -0.510. The molecule has 0 aromatic heterocycles. The number of benzene rings is 1. The molecule has 0 amide bonds. The third-order valence-electron chi connectivity index (χ3n) is 1.82. The van der Waals surface area contributed by atoms with E-state index in [-0.39, 0.29) is 0 Å². The minimum absolute atomic E-state index is 0.713. The number of hydrogen-bond acceptors (Lipinski definition) is 3. The second-order valence-electron chi connectivity index (χ2n) is 2.98. The van der Waals surface area contributed by atoms with E-state index in [1.807, 2.05) is 0 Å². The zero-order valence-corrected chi connectivity index (χ0v) is 9.56. The van der Waals surface area contributed by atoms with Gasteiger partial charge in [0.2, 0.25) is 0 Å². The highest BCUT2D eigenvalue weighted by Gasteiger charge is 1.95. The molecule has 0 bridgehead atoms. The lowest BCUT2D eigenvalue weighted by atomic mass is 10.2. The summed E-state index contributed by atoms with van der Waals surface area (Å²) in [5, 5.41) is 3.31. The topological polar surface area (TPSA) is 21.3 Å². The molecule has 3 heteroatoms. The maximum Gasteiger partial charge on any atom is 0.0963 e. The molecule has 0 saturated heterocycles. The fourth-order valence-electron chi connectivity index (χ4n) is 1.14. The molecule has 0 unspecified atom stereocenters. The van der Waals surface area contributed by atoms with E-state index in [4.69, 9.17) is 4.74 Å². The van der Waals surface area contributed by atoms with Gasteiger partial charge in [-0.2, -0.15) is 0 Å². The summed E-state index contributed by atoms with van der Waals surface area (Å²) in [6, 6.07) is 8.54. The molecule has 0 aliphatic rings. The van der Waals surface area contributed by atoms with Gasteiger partial charge in [-0.15, -0.1) is 0 Å². The molecule has 0 spiro atoms. The third kappa shape index (κ3) is 4.13. The molecule has 1 aromatic rings. The van der Waals surface area contributed by atoms with E-state index < -0.39 is 0 Å². The molecule has 14 heavy (non-hydrogen) atoms. The van der Waals surface area contributed by atoms with Crippen LogP contribution in [0.3, 0.4) is 0 Å². The quantitative estimate of drug-likeness (QED) is 0.577. The van der Waals surface area contributed by atoms with Gasteiger partial charge in [0.15, 0.2) is 0 Å². The van der Waals surface area contributed by atoms with E-state index in [1.54, 1.807) is 18.9 Å². The molecule has 1 rings (SSSR count). The summed E-state index contributed by atoms with van der Waals surface area (Å²) in [6.07, 6.45) is 0. The average Bonchev–Trinajstić information content (AvgIpc) is 2.24. The van der Waals surface area contributed by atoms with Crippen molar-refractivity contribution in [2.75, 3.05) is 19.6 Å². The molecule has 1 N–H and O–H groups in total. The highest BCUT2D eigenvalue weighted by atomic mass is 32.2. The van der Waals surface area contributed by atoms with Crippen LogP contribution >= 0.6 is 11.8 Å². The van der Waals surface area contributed by atoms with Crippen molar-refractivity contribution in [2.45, 2.75) is 18.4 Å². The maximum atomic E-state index is 5.01. The van der Waals surface area contributed by atoms with Gasteiger partial charge in [-0.05, 0) is 24.2 Å². The molecule has 0 saturated carbocycles. The van der Waals surface area contributed by atoms with Crippen LogP contribution in [0, 0.1) is 0 Å². The Morgan fingerprint density at radius 1 is 1.43 bits per heavy atom. The van der Waals surface area contributed by atoms with Crippen molar-refractivity contribution in [1.29, 1.82) is 0 Å². The Bertz CT molecular complexity index is 242. The molecule has 0 aliphatic carbocycles. The van der Waals surface area contributed by atoms with E-state index in [2.05, 4.69) is 36.5 Å². The largest absolute Gasteiger partial charge is 0.374 e. The minimum atomic E-state index is 0.713. The van der Waals surface area contributed by atoms with Crippen LogP contribution in [0.25, 0.3) is 0 Å². The first-order valence-electron chi connectivity index (χ1n) is 4.78. The van der Waals surface area contributed by atoms with Gasteiger partial charge in [-0.1, -0.05) is 30.8 Å². The zero-order valence-electron chi connectivity index (χ0n) is 8.75. The first kappa shape index (κ1) is 11.6. The van der Waals surface area contributed by atoms with Crippen LogP contribution in [0.4, 0.5) is 0 Å². The van der Waals surface area contributed by atoms with Gasteiger partial charge in [-0.25, -0.2) is 0 Å². The van der Waals surface area contributed by atoms with Gasteiger partial charge >= 0.3 is 0 Å². The second kappa shape index (κ2) is 6.87. The molecule has 78 valence electrons. The van der Waals surface area contributed by atoms with Gasteiger partial charge in [0.1, 0.15) is 0 Å². The predicted molar refractivity (Wildman–Crippen MR) is 61.6 cm³/mol. The molecular formula is C11H17NOS. The highest BCUT2D eigenvalue weighted by Crippen LogP contribution is 2.18. The zero-order chi connectivity index (χ0) is 10.2. The lowest BCUT2D eigenvalue weighted by Gasteiger charge is -2.04. The monoisotopic (exact) mass is 211 g/mol. The lowest BCUT2D eigenvalue weighted by Crippen LogP contribution is -2.11. The molecule has 1 aromatic carbocycles. The van der Waals surface area contributed by atoms with E-state index in [0.717, 1.165) is 13.1 Å². The van der Waals surface area contributed by atoms with Crippen LogP contribution in [-0.2, 0) is 11.3 Å². The number of ether oxygens (including phenoxy) is 1. The summed E-state index contributed by atoms with van der Waals surface area (Å²) in [4.78, 5) is 1.27. The number of nitrogens with one attached hydrogen (secondary N) is 1. The standard InChI is InChI=1S/C11H17NOS/c1-3-12-8-10-5-4-6-11(7-10)14-9-13-2/h4-7,12H,3,8-9H2,1-2H3. The van der Waals surface area contributed by atoms with Gasteiger partial charge in [0, 0.05) is 18.6 Å². The normalized spacial score (nSPS) is 10.4. The first-order chi connectivity index (χ1) is 6.86. The van der Waals surface area contributed by atoms with Crippen LogP contribution < -0.4 is 5.32 Å². The summed E-state index contributed by atoms with van der Waals surface area (Å²) in [7, 11) is 1.72. The molecule has 0 fully saturated rings. The average molecular weight is 211 g/mol. The van der Waals surface area contributed by atoms with Crippen LogP contribution in [-0.4, -0.2) is 19.6 Å². The van der Waals surface area contributed by atoms with Gasteiger partial charge in [0.05, 0.1) is 5.94 Å². The lowest BCUT2D eigenvalue weighted by molar-refractivity contribution is 0.259. The van der Waals surface area contributed by atoms with Crippen molar-refractivity contribution in [3.63, 3.8) is 0 Å². The van der Waals surface area contributed by atoms with E-state index in [0.29, 0.717) is 5.94 Å². The minimum Gasteiger partial charge on any atom is -0.374 e. The van der Waals surface area contributed by atoms with Crippen molar-refractivity contribution in [2.24, 2.45) is 0 Å². The van der Waals surface area contributed by atoms with Crippen molar-refractivity contribution < 1.29 is 4.74 Å². The van der Waals surface area contributed by atoms with Crippen molar-refractivity contribution in [1.82, 2.24) is 5.32 Å². The predicted octanol–water partition coefficient (Wildman–Crippen LogP) is 2.49. The summed E-state index contributed by atoms with van der Waals surface area (Å²) < 4.78 is 5.01. The van der Waals surface area contributed by atoms with Crippen LogP contribution in [0.5, 0.6) is 0 Å². The Balaban J connectivity index is 2.50. The molecule has 0 aliphatic heterocycles. The number of rotatable bonds is 6. The van der Waals surface area contributed by atoms with Gasteiger partial charge in [0.25, 0.3) is 0 Å². The van der Waals surface area contributed by atoms with E-state index in [9.17, 15) is 0 Å². The molecule has 2 nitrogen and oxygen atoms in total. The Kier molecular flexibility index (Phi) is 5.68. The Labute approximate surface area is 90.0 Å². The number of thioether (sulfide) groups is 1. The number of methoxy groups -OCH3 is 1. The van der Waals surface area contributed by atoms with Crippen molar-refractivity contribution >= 4 is 11.8 Å². The van der Waals surface area contributed by atoms with E-state index in [1.165, 1.54) is 10.5 Å². The van der Waals surface area contributed by atoms with Crippen molar-refractivity contribution in [3.8, 4) is 0 Å². The summed E-state index contributed by atoms with van der Waals surface area (Å²) in [6.45, 7) is 4.07. The van der Waals surface area contributed by atoms with E-state index >= 15 is 0 Å². The summed E-state index contributed by atoms with van der Waals surface area (Å²) in [5.74, 6) is 0.713. The molecule has 0 atom stereocenters. The summed E-state index contributed by atoms with van der Waals surface area (Å²) in [5.41, 5.74) is 1.33. The third-order valence-corrected chi connectivity index (χ3v) is 2.76. The fraction of sp³-hybridized carbons (Fsp3) is 0.455. The van der Waals surface area contributed by atoms with Crippen molar-refractivity contribution in [3.05, 3.63) is 29.8 Å². The molecule has 0 heterocycles. The molecule has 0 radical (unpaired) electrons. The smallest absolute Gasteiger partial charge is 0.0963 e. The second-order valence-corrected chi connectivity index (χ2v) is 3.97. The number of hydrogen-bond donors (Lipinski definition) is 1. The fourth-order valence-corrected chi connectivity index (χ4v) is 1.80. The Morgan fingerprint density at radius 2 is 2.29 bits per heavy atom. The van der Waals surface area contributed by atoms with Crippen LogP contribution in [0.1, 0.15) is 12.5 Å². The van der Waals surface area contributed by atoms with Crippen LogP contribution in [0.2, 0.25) is 0 Å². The Morgan fingerprint density at radius 3 is 3.00 bits per heavy atom.